The van der Waals surface area contributed by atoms with Gasteiger partial charge in [0.1, 0.15) is 0 Å². The summed E-state index contributed by atoms with van der Waals surface area (Å²) in [5, 5.41) is 6.91. The Balaban J connectivity index is 0.00000338. The lowest BCUT2D eigenvalue weighted by Crippen LogP contribution is -2.46. The lowest BCUT2D eigenvalue weighted by atomic mass is 9.89. The second-order valence-electron chi connectivity index (χ2n) is 7.03. The van der Waals surface area contributed by atoms with Gasteiger partial charge in [0.2, 0.25) is 0 Å². The predicted molar refractivity (Wildman–Crippen MR) is 120 cm³/mol. The molecule has 1 unspecified atom stereocenters. The molecule has 2 rings (SSSR count). The number of benzene rings is 1. The van der Waals surface area contributed by atoms with Crippen LogP contribution in [0.15, 0.2) is 35.3 Å². The predicted octanol–water partition coefficient (Wildman–Crippen LogP) is 3.28. The largest absolute Gasteiger partial charge is 0.380 e. The zero-order chi connectivity index (χ0) is 18.1. The van der Waals surface area contributed by atoms with E-state index in [4.69, 9.17) is 9.73 Å². The van der Waals surface area contributed by atoms with Crippen LogP contribution in [0.1, 0.15) is 39.3 Å². The van der Waals surface area contributed by atoms with Crippen molar-refractivity contribution in [2.45, 2.75) is 33.7 Å². The molecule has 1 heterocycles. The van der Waals surface area contributed by atoms with Crippen LogP contribution in [0.5, 0.6) is 0 Å². The van der Waals surface area contributed by atoms with Crippen LogP contribution in [0.4, 0.5) is 0 Å². The average molecular weight is 474 g/mol. The summed E-state index contributed by atoms with van der Waals surface area (Å²) in [6, 6.07) is 11.1. The topological polar surface area (TPSA) is 48.9 Å². The number of aliphatic imine (C=N–C) groups is 1. The molecule has 0 radical (unpaired) electrons. The highest BCUT2D eigenvalue weighted by molar-refractivity contribution is 14.0. The summed E-state index contributed by atoms with van der Waals surface area (Å²) in [4.78, 5) is 7.26. The highest BCUT2D eigenvalue weighted by Gasteiger charge is 2.33. The number of hydrogen-bond donors (Lipinski definition) is 2. The quantitative estimate of drug-likeness (QED) is 0.328. The highest BCUT2D eigenvalue weighted by atomic mass is 127. The minimum Gasteiger partial charge on any atom is -0.380 e. The summed E-state index contributed by atoms with van der Waals surface area (Å²) in [6.07, 6.45) is 0. The van der Waals surface area contributed by atoms with Crippen LogP contribution >= 0.6 is 24.0 Å². The molecule has 1 atom stereocenters. The van der Waals surface area contributed by atoms with Crippen molar-refractivity contribution in [1.29, 1.82) is 0 Å². The zero-order valence-corrected chi connectivity index (χ0v) is 19.0. The minimum atomic E-state index is 0. The van der Waals surface area contributed by atoms with Gasteiger partial charge in [0.15, 0.2) is 5.96 Å². The van der Waals surface area contributed by atoms with E-state index in [0.717, 1.165) is 51.9 Å². The standard InChI is InChI=1S/C20H34N4O.HI/c1-5-21-19(23-14-20(4)15-25-16-20)22-13-18(24(6-2)7-3)17-11-9-8-10-12-17;/h8-12,18H,5-7,13-16H2,1-4H3,(H2,21,22,23);1H. The van der Waals surface area contributed by atoms with Crippen LogP contribution in [0.2, 0.25) is 0 Å². The Hall–Kier alpha value is -0.860. The molecule has 148 valence electrons. The molecular formula is C20H35IN4O. The molecule has 0 amide bonds. The van der Waals surface area contributed by atoms with Gasteiger partial charge in [-0.05, 0) is 25.6 Å². The van der Waals surface area contributed by atoms with Crippen molar-refractivity contribution in [2.24, 2.45) is 10.4 Å². The van der Waals surface area contributed by atoms with Gasteiger partial charge in [-0.15, -0.1) is 24.0 Å². The average Bonchev–Trinajstić information content (AvgIpc) is 2.62. The highest BCUT2D eigenvalue weighted by Crippen LogP contribution is 2.26. The van der Waals surface area contributed by atoms with Gasteiger partial charge in [-0.1, -0.05) is 51.1 Å². The molecule has 1 aromatic rings. The Morgan fingerprint density at radius 2 is 1.81 bits per heavy atom. The van der Waals surface area contributed by atoms with Crippen molar-refractivity contribution in [3.8, 4) is 0 Å². The van der Waals surface area contributed by atoms with Gasteiger partial charge in [0.25, 0.3) is 0 Å². The lowest BCUT2D eigenvalue weighted by Gasteiger charge is -2.36. The van der Waals surface area contributed by atoms with Crippen molar-refractivity contribution in [2.75, 3.05) is 45.9 Å². The summed E-state index contributed by atoms with van der Waals surface area (Å²) >= 11 is 0. The van der Waals surface area contributed by atoms with Gasteiger partial charge in [-0.2, -0.15) is 0 Å². The molecule has 1 aliphatic heterocycles. The lowest BCUT2D eigenvalue weighted by molar-refractivity contribution is -0.0945. The number of nitrogens with zero attached hydrogens (tertiary/aromatic N) is 2. The number of ether oxygens (including phenoxy) is 1. The van der Waals surface area contributed by atoms with Crippen molar-refractivity contribution >= 4 is 29.9 Å². The van der Waals surface area contributed by atoms with Crippen LogP contribution < -0.4 is 10.6 Å². The Bertz CT molecular complexity index is 530. The van der Waals surface area contributed by atoms with Crippen molar-refractivity contribution < 1.29 is 4.74 Å². The fourth-order valence-corrected chi connectivity index (χ4v) is 3.14. The monoisotopic (exact) mass is 474 g/mol. The van der Waals surface area contributed by atoms with Crippen molar-refractivity contribution in [1.82, 2.24) is 15.5 Å². The molecule has 2 N–H and O–H groups in total. The number of hydrogen-bond acceptors (Lipinski definition) is 3. The molecule has 1 aliphatic rings. The van der Waals surface area contributed by atoms with Crippen molar-refractivity contribution in [3.63, 3.8) is 0 Å². The molecule has 1 aromatic carbocycles. The first-order valence-electron chi connectivity index (χ1n) is 9.50. The summed E-state index contributed by atoms with van der Waals surface area (Å²) in [5.74, 6) is 0.892. The number of rotatable bonds is 9. The van der Waals surface area contributed by atoms with E-state index in [0.29, 0.717) is 6.04 Å². The van der Waals surface area contributed by atoms with Gasteiger partial charge in [0, 0.05) is 18.5 Å². The molecule has 6 heteroatoms. The normalized spacial score (nSPS) is 17.2. The van der Waals surface area contributed by atoms with E-state index in [1.165, 1.54) is 5.56 Å². The number of nitrogens with one attached hydrogen (secondary N) is 2. The van der Waals surface area contributed by atoms with Crippen LogP contribution in [0.3, 0.4) is 0 Å². The van der Waals surface area contributed by atoms with Crippen molar-refractivity contribution in [3.05, 3.63) is 35.9 Å². The molecule has 0 aromatic heterocycles. The number of halogens is 1. The Labute approximate surface area is 176 Å². The van der Waals surface area contributed by atoms with Gasteiger partial charge >= 0.3 is 0 Å². The molecular weight excluding hydrogens is 439 g/mol. The van der Waals surface area contributed by atoms with Crippen LogP contribution in [-0.4, -0.2) is 56.8 Å². The number of guanidine groups is 1. The van der Waals surface area contributed by atoms with E-state index in [9.17, 15) is 0 Å². The second kappa shape index (κ2) is 11.8. The molecule has 0 bridgehead atoms. The minimum absolute atomic E-state index is 0. The van der Waals surface area contributed by atoms with Gasteiger partial charge in [0.05, 0.1) is 25.8 Å². The maximum atomic E-state index is 5.33. The fourth-order valence-electron chi connectivity index (χ4n) is 3.14. The van der Waals surface area contributed by atoms with E-state index >= 15 is 0 Å². The first-order valence-corrected chi connectivity index (χ1v) is 9.50. The first kappa shape index (κ1) is 23.2. The second-order valence-corrected chi connectivity index (χ2v) is 7.03. The van der Waals surface area contributed by atoms with E-state index < -0.39 is 0 Å². The molecule has 0 aliphatic carbocycles. The van der Waals surface area contributed by atoms with E-state index in [1.807, 2.05) is 0 Å². The molecule has 0 saturated carbocycles. The smallest absolute Gasteiger partial charge is 0.191 e. The first-order chi connectivity index (χ1) is 12.1. The molecule has 1 saturated heterocycles. The van der Waals surface area contributed by atoms with Crippen LogP contribution in [-0.2, 0) is 4.74 Å². The Morgan fingerprint density at radius 1 is 1.15 bits per heavy atom. The molecule has 1 fully saturated rings. The number of likely N-dealkylation sites (N-methyl/N-ethyl adjacent to an activating group) is 1. The van der Waals surface area contributed by atoms with E-state index in [1.54, 1.807) is 0 Å². The molecule has 0 spiro atoms. The summed E-state index contributed by atoms with van der Waals surface area (Å²) < 4.78 is 5.33. The maximum absolute atomic E-state index is 5.33. The van der Waals surface area contributed by atoms with Crippen LogP contribution in [0, 0.1) is 5.41 Å². The van der Waals surface area contributed by atoms with E-state index in [-0.39, 0.29) is 29.4 Å². The fraction of sp³-hybridized carbons (Fsp3) is 0.650. The third kappa shape index (κ3) is 6.70. The summed E-state index contributed by atoms with van der Waals surface area (Å²) in [6.45, 7) is 14.9. The summed E-state index contributed by atoms with van der Waals surface area (Å²) in [7, 11) is 0. The van der Waals surface area contributed by atoms with Gasteiger partial charge < -0.3 is 15.4 Å². The Morgan fingerprint density at radius 3 is 2.31 bits per heavy atom. The third-order valence-electron chi connectivity index (χ3n) is 4.76. The zero-order valence-electron chi connectivity index (χ0n) is 16.6. The maximum Gasteiger partial charge on any atom is 0.191 e. The summed E-state index contributed by atoms with van der Waals surface area (Å²) in [5.41, 5.74) is 1.54. The van der Waals surface area contributed by atoms with Gasteiger partial charge in [-0.25, -0.2) is 0 Å². The molecule has 26 heavy (non-hydrogen) atoms. The SMILES string of the molecule is CCNC(=NCC1(C)COC1)NCC(c1ccccc1)N(CC)CC.I. The Kier molecular flexibility index (Phi) is 10.5. The van der Waals surface area contributed by atoms with Gasteiger partial charge in [-0.3, -0.25) is 9.89 Å². The molecule has 5 nitrogen and oxygen atoms in total. The van der Waals surface area contributed by atoms with E-state index in [2.05, 4.69) is 73.6 Å². The van der Waals surface area contributed by atoms with Crippen LogP contribution in [0.25, 0.3) is 0 Å². The third-order valence-corrected chi connectivity index (χ3v) is 4.76.